The Bertz CT molecular complexity index is 791. The third-order valence-electron chi connectivity index (χ3n) is 3.26. The lowest BCUT2D eigenvalue weighted by Gasteiger charge is -2.08. The quantitative estimate of drug-likeness (QED) is 0.623. The van der Waals surface area contributed by atoms with E-state index in [1.165, 1.54) is 0 Å². The summed E-state index contributed by atoms with van der Waals surface area (Å²) in [5, 5.41) is 10.6. The van der Waals surface area contributed by atoms with Crippen LogP contribution >= 0.6 is 0 Å². The molecular weight excluding hydrogens is 252 g/mol. The van der Waals surface area contributed by atoms with Crippen molar-refractivity contribution in [1.29, 1.82) is 0 Å². The molecule has 0 radical (unpaired) electrons. The summed E-state index contributed by atoms with van der Waals surface area (Å²) in [4.78, 5) is 12.3. The van der Waals surface area contributed by atoms with Crippen LogP contribution in [0.3, 0.4) is 0 Å². The highest BCUT2D eigenvalue weighted by atomic mass is 16.1. The van der Waals surface area contributed by atoms with Gasteiger partial charge in [0.15, 0.2) is 0 Å². The number of nitrogens with zero attached hydrogens (tertiary/aromatic N) is 1. The number of nitrogens with two attached hydrogens (primary N) is 1. The van der Waals surface area contributed by atoms with Crippen LogP contribution in [0.5, 0.6) is 0 Å². The van der Waals surface area contributed by atoms with Gasteiger partial charge < -0.3 is 11.1 Å². The van der Waals surface area contributed by atoms with Crippen molar-refractivity contribution in [1.82, 2.24) is 10.2 Å². The molecule has 5 nitrogen and oxygen atoms in total. The highest BCUT2D eigenvalue weighted by Gasteiger charge is 2.10. The Labute approximate surface area is 115 Å². The predicted octanol–water partition coefficient (Wildman–Crippen LogP) is 2.71. The summed E-state index contributed by atoms with van der Waals surface area (Å²) in [6, 6.07) is 10.9. The van der Waals surface area contributed by atoms with Crippen molar-refractivity contribution in [3.63, 3.8) is 0 Å². The minimum Gasteiger partial charge on any atom is -0.399 e. The maximum atomic E-state index is 12.3. The second-order valence-electron chi connectivity index (χ2n) is 4.66. The normalized spacial score (nSPS) is 10.7. The Hall–Kier alpha value is -2.82. The summed E-state index contributed by atoms with van der Waals surface area (Å²) in [6.07, 6.45) is 1.69. The molecule has 0 aliphatic rings. The summed E-state index contributed by atoms with van der Waals surface area (Å²) >= 11 is 0. The van der Waals surface area contributed by atoms with Crippen molar-refractivity contribution >= 4 is 28.2 Å². The second kappa shape index (κ2) is 4.70. The lowest BCUT2D eigenvalue weighted by Crippen LogP contribution is -2.12. The molecule has 1 amide bonds. The average molecular weight is 266 g/mol. The first-order valence-corrected chi connectivity index (χ1v) is 6.25. The topological polar surface area (TPSA) is 83.8 Å². The molecule has 0 saturated carbocycles. The van der Waals surface area contributed by atoms with Crippen LogP contribution in [0, 0.1) is 6.92 Å². The molecule has 5 heteroatoms. The fourth-order valence-electron chi connectivity index (χ4n) is 2.09. The summed E-state index contributed by atoms with van der Waals surface area (Å²) in [7, 11) is 0. The molecule has 100 valence electrons. The van der Waals surface area contributed by atoms with E-state index in [0.717, 1.165) is 22.2 Å². The van der Waals surface area contributed by atoms with Gasteiger partial charge in [-0.2, -0.15) is 5.10 Å². The van der Waals surface area contributed by atoms with E-state index in [9.17, 15) is 4.79 Å². The number of aromatic amines is 1. The van der Waals surface area contributed by atoms with Crippen molar-refractivity contribution in [2.45, 2.75) is 6.92 Å². The molecule has 0 fully saturated rings. The number of rotatable bonds is 2. The van der Waals surface area contributed by atoms with Gasteiger partial charge >= 0.3 is 0 Å². The zero-order chi connectivity index (χ0) is 14.1. The number of aryl methyl sites for hydroxylation is 1. The van der Waals surface area contributed by atoms with Gasteiger partial charge in [0.25, 0.3) is 5.91 Å². The van der Waals surface area contributed by atoms with Gasteiger partial charge in [-0.3, -0.25) is 9.89 Å². The van der Waals surface area contributed by atoms with Crippen LogP contribution in [0.4, 0.5) is 11.4 Å². The number of carbonyl (C=O) groups excluding carboxylic acids is 1. The molecule has 3 rings (SSSR count). The summed E-state index contributed by atoms with van der Waals surface area (Å²) in [5.74, 6) is -0.165. The molecule has 0 aliphatic carbocycles. The fourth-order valence-corrected chi connectivity index (χ4v) is 2.09. The number of fused-ring (bicyclic) bond motifs is 1. The predicted molar refractivity (Wildman–Crippen MR) is 79.6 cm³/mol. The number of anilines is 2. The number of aromatic nitrogens is 2. The molecule has 2 aromatic carbocycles. The number of carbonyl (C=O) groups is 1. The maximum absolute atomic E-state index is 12.3. The molecule has 0 atom stereocenters. The molecule has 3 aromatic rings. The first kappa shape index (κ1) is 12.2. The molecule has 0 unspecified atom stereocenters. The van der Waals surface area contributed by atoms with Crippen molar-refractivity contribution in [3.05, 3.63) is 53.7 Å². The Kier molecular flexibility index (Phi) is 2.87. The molecule has 0 bridgehead atoms. The summed E-state index contributed by atoms with van der Waals surface area (Å²) in [6.45, 7) is 1.88. The lowest BCUT2D eigenvalue weighted by atomic mass is 10.1. The Morgan fingerprint density at radius 3 is 2.95 bits per heavy atom. The van der Waals surface area contributed by atoms with Gasteiger partial charge in [0.2, 0.25) is 0 Å². The molecular formula is C15H14N4O. The van der Waals surface area contributed by atoms with Crippen LogP contribution < -0.4 is 11.1 Å². The van der Waals surface area contributed by atoms with Crippen LogP contribution in [0.2, 0.25) is 0 Å². The largest absolute Gasteiger partial charge is 0.399 e. The van der Waals surface area contributed by atoms with E-state index < -0.39 is 0 Å². The Balaban J connectivity index is 1.92. The first-order valence-electron chi connectivity index (χ1n) is 6.25. The van der Waals surface area contributed by atoms with Crippen molar-refractivity contribution in [2.75, 3.05) is 11.1 Å². The van der Waals surface area contributed by atoms with Crippen LogP contribution in [0.15, 0.2) is 42.6 Å². The van der Waals surface area contributed by atoms with Crippen LogP contribution in [0.25, 0.3) is 10.9 Å². The van der Waals surface area contributed by atoms with E-state index in [-0.39, 0.29) is 5.91 Å². The first-order chi connectivity index (χ1) is 9.65. The SMILES string of the molecule is Cc1cc(C(=O)Nc2cccc3[nH]ncc23)ccc1N. The minimum absolute atomic E-state index is 0.165. The standard InChI is InChI=1S/C15H14N4O/c1-9-7-10(5-6-12(9)16)15(20)18-13-3-2-4-14-11(13)8-17-19-14/h2-8H,16H2,1H3,(H,17,19)(H,18,20). The van der Waals surface area contributed by atoms with E-state index in [2.05, 4.69) is 15.5 Å². The van der Waals surface area contributed by atoms with Gasteiger partial charge in [0.05, 0.1) is 17.4 Å². The third-order valence-corrected chi connectivity index (χ3v) is 3.26. The number of hydrogen-bond acceptors (Lipinski definition) is 3. The van der Waals surface area contributed by atoms with Gasteiger partial charge in [-0.15, -0.1) is 0 Å². The number of benzene rings is 2. The lowest BCUT2D eigenvalue weighted by molar-refractivity contribution is 0.102. The van der Waals surface area contributed by atoms with E-state index in [4.69, 9.17) is 5.73 Å². The number of nitrogens with one attached hydrogen (secondary N) is 2. The fraction of sp³-hybridized carbons (Fsp3) is 0.0667. The molecule has 20 heavy (non-hydrogen) atoms. The third kappa shape index (κ3) is 2.09. The number of H-pyrrole nitrogens is 1. The highest BCUT2D eigenvalue weighted by Crippen LogP contribution is 2.22. The van der Waals surface area contributed by atoms with E-state index in [1.54, 1.807) is 24.4 Å². The average Bonchev–Trinajstić information content (AvgIpc) is 2.91. The van der Waals surface area contributed by atoms with Gasteiger partial charge in [0, 0.05) is 16.6 Å². The molecule has 1 heterocycles. The maximum Gasteiger partial charge on any atom is 0.255 e. The highest BCUT2D eigenvalue weighted by molar-refractivity contribution is 6.08. The van der Waals surface area contributed by atoms with Gasteiger partial charge in [-0.1, -0.05) is 6.07 Å². The molecule has 0 spiro atoms. The van der Waals surface area contributed by atoms with E-state index in [0.29, 0.717) is 11.3 Å². The zero-order valence-electron chi connectivity index (χ0n) is 11.0. The van der Waals surface area contributed by atoms with Crippen LogP contribution in [-0.2, 0) is 0 Å². The monoisotopic (exact) mass is 266 g/mol. The Morgan fingerprint density at radius 2 is 2.15 bits per heavy atom. The molecule has 0 aliphatic heterocycles. The smallest absolute Gasteiger partial charge is 0.255 e. The number of nitrogen functional groups attached to an aromatic ring is 1. The van der Waals surface area contributed by atoms with Crippen molar-refractivity contribution < 1.29 is 4.79 Å². The number of hydrogen-bond donors (Lipinski definition) is 3. The van der Waals surface area contributed by atoms with E-state index >= 15 is 0 Å². The van der Waals surface area contributed by atoms with Crippen LogP contribution in [0.1, 0.15) is 15.9 Å². The second-order valence-corrected chi connectivity index (χ2v) is 4.66. The van der Waals surface area contributed by atoms with Crippen molar-refractivity contribution in [3.8, 4) is 0 Å². The summed E-state index contributed by atoms with van der Waals surface area (Å²) < 4.78 is 0. The van der Waals surface area contributed by atoms with Gasteiger partial charge in [-0.25, -0.2) is 0 Å². The van der Waals surface area contributed by atoms with Gasteiger partial charge in [0.1, 0.15) is 0 Å². The summed E-state index contributed by atoms with van der Waals surface area (Å²) in [5.41, 5.74) is 9.52. The zero-order valence-corrected chi connectivity index (χ0v) is 11.0. The minimum atomic E-state index is -0.165. The van der Waals surface area contributed by atoms with E-state index in [1.807, 2.05) is 25.1 Å². The van der Waals surface area contributed by atoms with Gasteiger partial charge in [-0.05, 0) is 42.8 Å². The van der Waals surface area contributed by atoms with Crippen LogP contribution in [-0.4, -0.2) is 16.1 Å². The molecule has 0 saturated heterocycles. The molecule has 1 aromatic heterocycles. The van der Waals surface area contributed by atoms with Crippen molar-refractivity contribution in [2.24, 2.45) is 0 Å². The number of amides is 1. The Morgan fingerprint density at radius 1 is 1.30 bits per heavy atom. The molecule has 4 N–H and O–H groups in total.